The van der Waals surface area contributed by atoms with Crippen molar-refractivity contribution in [1.82, 2.24) is 15.6 Å². The Hall–Kier alpha value is -2.30. The number of benzene rings is 2. The first-order valence-electron chi connectivity index (χ1n) is 8.49. The Kier molecular flexibility index (Phi) is 6.09. The molecule has 2 aromatic carbocycles. The number of H-pyrrole nitrogens is 1. The lowest BCUT2D eigenvalue weighted by Gasteiger charge is -2.07. The van der Waals surface area contributed by atoms with Crippen LogP contribution in [0, 0.1) is 0 Å². The number of fused-ring (bicyclic) bond motifs is 1. The first-order chi connectivity index (χ1) is 12.2. The van der Waals surface area contributed by atoms with Crippen LogP contribution < -0.4 is 10.6 Å². The molecule has 25 heavy (non-hydrogen) atoms. The molecule has 0 saturated heterocycles. The lowest BCUT2D eigenvalue weighted by Crippen LogP contribution is -2.35. The van der Waals surface area contributed by atoms with Gasteiger partial charge >= 0.3 is 0 Å². The van der Waals surface area contributed by atoms with Crippen LogP contribution in [0.25, 0.3) is 10.9 Å². The van der Waals surface area contributed by atoms with Gasteiger partial charge in [-0.25, -0.2) is 0 Å². The molecule has 1 aromatic heterocycles. The van der Waals surface area contributed by atoms with Crippen molar-refractivity contribution in [2.45, 2.75) is 12.8 Å². The van der Waals surface area contributed by atoms with Gasteiger partial charge in [0.25, 0.3) is 0 Å². The number of hydrogen-bond acceptors (Lipinski definition) is 2. The van der Waals surface area contributed by atoms with Crippen LogP contribution in [0.5, 0.6) is 0 Å². The van der Waals surface area contributed by atoms with Gasteiger partial charge in [-0.1, -0.05) is 41.9 Å². The van der Waals surface area contributed by atoms with E-state index in [1.54, 1.807) is 0 Å². The zero-order chi connectivity index (χ0) is 17.5. The Labute approximate surface area is 152 Å². The minimum Gasteiger partial charge on any atom is -0.361 e. The summed E-state index contributed by atoms with van der Waals surface area (Å²) < 4.78 is 0. The van der Waals surface area contributed by atoms with E-state index < -0.39 is 0 Å². The van der Waals surface area contributed by atoms with Gasteiger partial charge in [0.2, 0.25) is 5.91 Å². The Morgan fingerprint density at radius 1 is 1.00 bits per heavy atom. The van der Waals surface area contributed by atoms with E-state index >= 15 is 0 Å². The summed E-state index contributed by atoms with van der Waals surface area (Å²) in [5, 5.41) is 8.11. The topological polar surface area (TPSA) is 56.9 Å². The summed E-state index contributed by atoms with van der Waals surface area (Å²) in [4.78, 5) is 15.1. The fourth-order valence-corrected chi connectivity index (χ4v) is 2.95. The Balaban J connectivity index is 1.33. The van der Waals surface area contributed by atoms with E-state index in [2.05, 4.69) is 27.8 Å². The Morgan fingerprint density at radius 2 is 1.80 bits per heavy atom. The summed E-state index contributed by atoms with van der Waals surface area (Å²) >= 11 is 5.86. The third-order valence-corrected chi connectivity index (χ3v) is 4.43. The lowest BCUT2D eigenvalue weighted by molar-refractivity contribution is -0.120. The molecule has 130 valence electrons. The van der Waals surface area contributed by atoms with Crippen molar-refractivity contribution in [3.63, 3.8) is 0 Å². The third kappa shape index (κ3) is 5.08. The van der Waals surface area contributed by atoms with E-state index in [0.717, 1.165) is 35.5 Å². The van der Waals surface area contributed by atoms with Crippen LogP contribution in [0.3, 0.4) is 0 Å². The van der Waals surface area contributed by atoms with Gasteiger partial charge in [-0.3, -0.25) is 4.79 Å². The molecular formula is C20H22ClN3O. The number of carbonyl (C=O) groups is 1. The van der Waals surface area contributed by atoms with Crippen molar-refractivity contribution < 1.29 is 4.79 Å². The van der Waals surface area contributed by atoms with Crippen LogP contribution in [0.2, 0.25) is 5.02 Å². The van der Waals surface area contributed by atoms with Crippen molar-refractivity contribution in [3.8, 4) is 0 Å². The molecule has 1 amide bonds. The monoisotopic (exact) mass is 355 g/mol. The molecule has 0 saturated carbocycles. The molecule has 0 spiro atoms. The van der Waals surface area contributed by atoms with Crippen molar-refractivity contribution in [2.75, 3.05) is 19.6 Å². The van der Waals surface area contributed by atoms with Crippen LogP contribution in [0.4, 0.5) is 0 Å². The van der Waals surface area contributed by atoms with Crippen LogP contribution >= 0.6 is 11.6 Å². The molecule has 0 aliphatic carbocycles. The number of hydrogen-bond donors (Lipinski definition) is 3. The van der Waals surface area contributed by atoms with Gasteiger partial charge in [-0.05, 0) is 48.7 Å². The minimum absolute atomic E-state index is 0.0212. The maximum atomic E-state index is 11.9. The number of halogens is 1. The molecule has 0 radical (unpaired) electrons. The zero-order valence-electron chi connectivity index (χ0n) is 14.0. The molecule has 0 aliphatic heterocycles. The summed E-state index contributed by atoms with van der Waals surface area (Å²) in [6.07, 6.45) is 3.73. The van der Waals surface area contributed by atoms with Gasteiger partial charge < -0.3 is 15.6 Å². The Morgan fingerprint density at radius 3 is 2.64 bits per heavy atom. The van der Waals surface area contributed by atoms with E-state index in [9.17, 15) is 4.79 Å². The molecule has 0 fully saturated rings. The molecular weight excluding hydrogens is 334 g/mol. The molecule has 4 nitrogen and oxygen atoms in total. The number of rotatable bonds is 8. The summed E-state index contributed by atoms with van der Waals surface area (Å²) in [7, 11) is 0. The molecule has 5 heteroatoms. The van der Waals surface area contributed by atoms with Crippen LogP contribution in [-0.2, 0) is 17.6 Å². The van der Waals surface area contributed by atoms with Crippen molar-refractivity contribution in [1.29, 1.82) is 0 Å². The highest BCUT2D eigenvalue weighted by Gasteiger charge is 2.04. The molecule has 0 bridgehead atoms. The van der Waals surface area contributed by atoms with Gasteiger partial charge in [0.1, 0.15) is 0 Å². The van der Waals surface area contributed by atoms with Gasteiger partial charge in [0.05, 0.1) is 6.54 Å². The second-order valence-electron chi connectivity index (χ2n) is 6.01. The fourth-order valence-electron chi connectivity index (χ4n) is 2.82. The number of aromatic nitrogens is 1. The SMILES string of the molecule is O=C(CNCCc1c[nH]c2ccccc12)NCCc1ccc(Cl)cc1. The number of para-hydroxylation sites is 1. The number of amides is 1. The average molecular weight is 356 g/mol. The predicted octanol–water partition coefficient (Wildman–Crippen LogP) is 3.31. The summed E-state index contributed by atoms with van der Waals surface area (Å²) in [5.41, 5.74) is 3.58. The second kappa shape index (κ2) is 8.70. The van der Waals surface area contributed by atoms with E-state index in [0.29, 0.717) is 13.1 Å². The summed E-state index contributed by atoms with van der Waals surface area (Å²) in [6, 6.07) is 15.9. The van der Waals surface area contributed by atoms with E-state index in [1.807, 2.05) is 42.6 Å². The largest absolute Gasteiger partial charge is 0.361 e. The van der Waals surface area contributed by atoms with Crippen LogP contribution in [0.1, 0.15) is 11.1 Å². The number of aromatic amines is 1. The molecule has 0 unspecified atom stereocenters. The minimum atomic E-state index is 0.0212. The van der Waals surface area contributed by atoms with Gasteiger partial charge in [-0.2, -0.15) is 0 Å². The molecule has 0 aliphatic rings. The molecule has 1 heterocycles. The fraction of sp³-hybridized carbons (Fsp3) is 0.250. The smallest absolute Gasteiger partial charge is 0.233 e. The lowest BCUT2D eigenvalue weighted by atomic mass is 10.1. The summed E-state index contributed by atoms with van der Waals surface area (Å²) in [5.74, 6) is 0.0212. The average Bonchev–Trinajstić information content (AvgIpc) is 3.04. The molecule has 3 rings (SSSR count). The van der Waals surface area contributed by atoms with Crippen molar-refractivity contribution >= 4 is 28.4 Å². The molecule has 3 N–H and O–H groups in total. The predicted molar refractivity (Wildman–Crippen MR) is 103 cm³/mol. The maximum absolute atomic E-state index is 11.9. The third-order valence-electron chi connectivity index (χ3n) is 4.18. The highest BCUT2D eigenvalue weighted by molar-refractivity contribution is 6.30. The standard InChI is InChI=1S/C20H22ClN3O/c21-17-7-5-15(6-8-17)9-12-23-20(25)14-22-11-10-16-13-24-19-4-2-1-3-18(16)19/h1-8,13,22,24H,9-12,14H2,(H,23,25). The zero-order valence-corrected chi connectivity index (χ0v) is 14.8. The van der Waals surface area contributed by atoms with Gasteiger partial charge in [0.15, 0.2) is 0 Å². The first kappa shape index (κ1) is 17.5. The number of carbonyl (C=O) groups excluding carboxylic acids is 1. The highest BCUT2D eigenvalue weighted by atomic mass is 35.5. The maximum Gasteiger partial charge on any atom is 0.233 e. The van der Waals surface area contributed by atoms with E-state index in [4.69, 9.17) is 11.6 Å². The highest BCUT2D eigenvalue weighted by Crippen LogP contribution is 2.17. The molecule has 3 aromatic rings. The number of nitrogens with one attached hydrogen (secondary N) is 3. The van der Waals surface area contributed by atoms with Crippen molar-refractivity contribution in [2.24, 2.45) is 0 Å². The normalized spacial score (nSPS) is 10.9. The second-order valence-corrected chi connectivity index (χ2v) is 6.45. The van der Waals surface area contributed by atoms with Crippen molar-refractivity contribution in [3.05, 3.63) is 70.9 Å². The van der Waals surface area contributed by atoms with Crippen LogP contribution in [0.15, 0.2) is 54.7 Å². The summed E-state index contributed by atoms with van der Waals surface area (Å²) in [6.45, 7) is 1.74. The quantitative estimate of drug-likeness (QED) is 0.543. The van der Waals surface area contributed by atoms with E-state index in [-0.39, 0.29) is 5.91 Å². The van der Waals surface area contributed by atoms with Crippen LogP contribution in [-0.4, -0.2) is 30.5 Å². The molecule has 0 atom stereocenters. The van der Waals surface area contributed by atoms with Gasteiger partial charge in [-0.15, -0.1) is 0 Å². The first-order valence-corrected chi connectivity index (χ1v) is 8.87. The Bertz CT molecular complexity index is 826. The van der Waals surface area contributed by atoms with E-state index in [1.165, 1.54) is 10.9 Å². The van der Waals surface area contributed by atoms with Gasteiger partial charge in [0, 0.05) is 28.7 Å².